The summed E-state index contributed by atoms with van der Waals surface area (Å²) >= 11 is 0. The minimum absolute atomic E-state index is 0.000824. The summed E-state index contributed by atoms with van der Waals surface area (Å²) in [4.78, 5) is 35.3. The van der Waals surface area contributed by atoms with E-state index in [9.17, 15) is 9.59 Å². The molecule has 6 heteroatoms. The highest BCUT2D eigenvalue weighted by Crippen LogP contribution is 2.25. The molecule has 1 aliphatic carbocycles. The lowest BCUT2D eigenvalue weighted by atomic mass is 9.97. The minimum Gasteiger partial charge on any atom is -0.353 e. The van der Waals surface area contributed by atoms with E-state index in [0.29, 0.717) is 18.9 Å². The summed E-state index contributed by atoms with van der Waals surface area (Å²) in [7, 11) is 0. The number of aromatic amines is 1. The van der Waals surface area contributed by atoms with Gasteiger partial charge in [0, 0.05) is 30.8 Å². The minimum atomic E-state index is -0.143. The van der Waals surface area contributed by atoms with E-state index in [1.54, 1.807) is 0 Å². The molecule has 29 heavy (non-hydrogen) atoms. The van der Waals surface area contributed by atoms with Gasteiger partial charge >= 0.3 is 0 Å². The summed E-state index contributed by atoms with van der Waals surface area (Å²) in [6.45, 7) is 6.31. The molecule has 0 bridgehead atoms. The van der Waals surface area contributed by atoms with Gasteiger partial charge in [-0.05, 0) is 37.2 Å². The summed E-state index contributed by atoms with van der Waals surface area (Å²) in [6.07, 6.45) is 4.98. The molecule has 0 radical (unpaired) electrons. The van der Waals surface area contributed by atoms with Crippen LogP contribution in [0.2, 0.25) is 0 Å². The molecule has 2 aliphatic rings. The third-order valence-corrected chi connectivity index (χ3v) is 6.08. The normalized spacial score (nSPS) is 20.2. The van der Waals surface area contributed by atoms with E-state index >= 15 is 0 Å². The predicted octanol–water partition coefficient (Wildman–Crippen LogP) is 2.66. The Morgan fingerprint density at radius 2 is 1.93 bits per heavy atom. The van der Waals surface area contributed by atoms with E-state index in [1.807, 2.05) is 18.2 Å². The molecule has 1 aromatic carbocycles. The zero-order chi connectivity index (χ0) is 20.4. The molecule has 0 saturated carbocycles. The molecule has 2 aromatic rings. The fourth-order valence-corrected chi connectivity index (χ4v) is 4.65. The number of fused-ring (bicyclic) bond motifs is 1. The summed E-state index contributed by atoms with van der Waals surface area (Å²) in [5, 5.41) is 2.98. The van der Waals surface area contributed by atoms with Gasteiger partial charge in [0.25, 0.3) is 5.56 Å². The first kappa shape index (κ1) is 19.8. The van der Waals surface area contributed by atoms with Crippen molar-refractivity contribution in [3.8, 4) is 11.4 Å². The number of amides is 1. The van der Waals surface area contributed by atoms with E-state index in [4.69, 9.17) is 4.98 Å². The number of H-pyrrole nitrogens is 1. The van der Waals surface area contributed by atoms with Crippen LogP contribution in [-0.4, -0.2) is 39.9 Å². The lowest BCUT2D eigenvalue weighted by Gasteiger charge is -2.37. The van der Waals surface area contributed by atoms with Crippen molar-refractivity contribution in [1.29, 1.82) is 0 Å². The van der Waals surface area contributed by atoms with E-state index < -0.39 is 0 Å². The molecule has 1 fully saturated rings. The molecule has 1 unspecified atom stereocenters. The van der Waals surface area contributed by atoms with Crippen molar-refractivity contribution in [2.24, 2.45) is 5.92 Å². The number of nitrogens with one attached hydrogen (secondary N) is 2. The van der Waals surface area contributed by atoms with Gasteiger partial charge in [0.1, 0.15) is 5.82 Å². The second kappa shape index (κ2) is 8.49. The molecule has 1 saturated heterocycles. The Bertz CT molecular complexity index is 950. The predicted molar refractivity (Wildman–Crippen MR) is 114 cm³/mol. The number of carbonyl (C=O) groups is 1. The monoisotopic (exact) mass is 394 g/mol. The van der Waals surface area contributed by atoms with Crippen LogP contribution in [0.4, 0.5) is 0 Å². The number of nitrogens with zero attached hydrogens (tertiary/aromatic N) is 2. The first-order chi connectivity index (χ1) is 14.0. The van der Waals surface area contributed by atoms with Gasteiger partial charge in [0.15, 0.2) is 0 Å². The maximum Gasteiger partial charge on any atom is 0.254 e. The third kappa shape index (κ3) is 4.13. The van der Waals surface area contributed by atoms with Crippen LogP contribution in [-0.2, 0) is 24.2 Å². The van der Waals surface area contributed by atoms with Crippen molar-refractivity contribution in [2.45, 2.75) is 58.5 Å². The Hall–Kier alpha value is -2.47. The van der Waals surface area contributed by atoms with Crippen molar-refractivity contribution in [1.82, 2.24) is 20.2 Å². The zero-order valence-electron chi connectivity index (χ0n) is 17.3. The van der Waals surface area contributed by atoms with Crippen molar-refractivity contribution >= 4 is 5.91 Å². The summed E-state index contributed by atoms with van der Waals surface area (Å²) in [5.74, 6) is 0.974. The number of piperazine rings is 1. The van der Waals surface area contributed by atoms with E-state index in [2.05, 4.69) is 35.1 Å². The maximum atomic E-state index is 12.7. The van der Waals surface area contributed by atoms with Crippen LogP contribution in [0.1, 0.15) is 49.9 Å². The first-order valence-corrected chi connectivity index (χ1v) is 10.8. The standard InChI is InChI=1S/C23H30N4O2/c1-15(2)20-23(29)24-12-13-27(20)14-16-8-6-7-9-17(16)21-25-19-11-5-3-4-10-18(19)22(28)26-21/h6-9,15,20H,3-5,10-14H2,1-2H3,(H,24,29)(H,25,26,28). The molecule has 1 amide bonds. The lowest BCUT2D eigenvalue weighted by molar-refractivity contribution is -0.131. The van der Waals surface area contributed by atoms with Gasteiger partial charge < -0.3 is 10.3 Å². The zero-order valence-corrected chi connectivity index (χ0v) is 17.3. The average Bonchev–Trinajstić information content (AvgIpc) is 2.94. The van der Waals surface area contributed by atoms with Crippen molar-refractivity contribution < 1.29 is 4.79 Å². The van der Waals surface area contributed by atoms with Gasteiger partial charge in [-0.3, -0.25) is 14.5 Å². The number of benzene rings is 1. The van der Waals surface area contributed by atoms with E-state index in [-0.39, 0.29) is 23.4 Å². The Balaban J connectivity index is 1.69. The number of aromatic nitrogens is 2. The van der Waals surface area contributed by atoms with Gasteiger partial charge in [-0.2, -0.15) is 0 Å². The fourth-order valence-electron chi connectivity index (χ4n) is 4.65. The highest BCUT2D eigenvalue weighted by molar-refractivity contribution is 5.82. The summed E-state index contributed by atoms with van der Waals surface area (Å²) < 4.78 is 0. The molecule has 1 aromatic heterocycles. The van der Waals surface area contributed by atoms with E-state index in [1.165, 1.54) is 0 Å². The molecular weight excluding hydrogens is 364 g/mol. The molecule has 2 heterocycles. The van der Waals surface area contributed by atoms with Crippen LogP contribution in [0, 0.1) is 5.92 Å². The summed E-state index contributed by atoms with van der Waals surface area (Å²) in [5.41, 5.74) is 3.85. The lowest BCUT2D eigenvalue weighted by Crippen LogP contribution is -2.56. The topological polar surface area (TPSA) is 78.1 Å². The van der Waals surface area contributed by atoms with Gasteiger partial charge in [0.05, 0.1) is 11.7 Å². The molecular formula is C23H30N4O2. The fraction of sp³-hybridized carbons (Fsp3) is 0.522. The average molecular weight is 395 g/mol. The first-order valence-electron chi connectivity index (χ1n) is 10.8. The van der Waals surface area contributed by atoms with Gasteiger partial charge in [-0.15, -0.1) is 0 Å². The molecule has 0 spiro atoms. The van der Waals surface area contributed by atoms with Crippen LogP contribution in [0.25, 0.3) is 11.4 Å². The molecule has 6 nitrogen and oxygen atoms in total. The van der Waals surface area contributed by atoms with E-state index in [0.717, 1.165) is 61.0 Å². The Kier molecular flexibility index (Phi) is 5.81. The summed E-state index contributed by atoms with van der Waals surface area (Å²) in [6, 6.07) is 7.94. The largest absolute Gasteiger partial charge is 0.353 e. The molecule has 154 valence electrons. The van der Waals surface area contributed by atoms with Crippen LogP contribution < -0.4 is 10.9 Å². The highest BCUT2D eigenvalue weighted by Gasteiger charge is 2.32. The molecule has 4 rings (SSSR count). The highest BCUT2D eigenvalue weighted by atomic mass is 16.2. The smallest absolute Gasteiger partial charge is 0.254 e. The Morgan fingerprint density at radius 1 is 1.14 bits per heavy atom. The SMILES string of the molecule is CC(C)C1C(=O)NCCN1Cc1ccccc1-c1nc2c(c(=O)[nH]1)CCCCC2. The van der Waals surface area contributed by atoms with Gasteiger partial charge in [0.2, 0.25) is 5.91 Å². The second-order valence-corrected chi connectivity index (χ2v) is 8.51. The van der Waals surface area contributed by atoms with Crippen molar-refractivity contribution in [3.63, 3.8) is 0 Å². The number of rotatable bonds is 4. The Labute approximate surface area is 171 Å². The number of carbonyl (C=O) groups excluding carboxylic acids is 1. The quantitative estimate of drug-likeness (QED) is 0.782. The van der Waals surface area contributed by atoms with Crippen LogP contribution in [0.5, 0.6) is 0 Å². The van der Waals surface area contributed by atoms with Crippen LogP contribution in [0.3, 0.4) is 0 Å². The number of hydrogen-bond donors (Lipinski definition) is 2. The number of hydrogen-bond acceptors (Lipinski definition) is 4. The Morgan fingerprint density at radius 3 is 2.76 bits per heavy atom. The van der Waals surface area contributed by atoms with Crippen molar-refractivity contribution in [2.75, 3.05) is 13.1 Å². The number of aryl methyl sites for hydroxylation is 1. The molecule has 1 aliphatic heterocycles. The van der Waals surface area contributed by atoms with Crippen LogP contribution >= 0.6 is 0 Å². The second-order valence-electron chi connectivity index (χ2n) is 8.51. The van der Waals surface area contributed by atoms with Crippen LogP contribution in [0.15, 0.2) is 29.1 Å². The van der Waals surface area contributed by atoms with Gasteiger partial charge in [-0.25, -0.2) is 4.98 Å². The third-order valence-electron chi connectivity index (χ3n) is 6.08. The van der Waals surface area contributed by atoms with Crippen molar-refractivity contribution in [3.05, 3.63) is 51.4 Å². The van der Waals surface area contributed by atoms with Gasteiger partial charge in [-0.1, -0.05) is 44.5 Å². The molecule has 1 atom stereocenters. The molecule has 2 N–H and O–H groups in total. The maximum absolute atomic E-state index is 12.7.